The van der Waals surface area contributed by atoms with Gasteiger partial charge in [-0.3, -0.25) is 9.20 Å². The highest BCUT2D eigenvalue weighted by Crippen LogP contribution is 2.38. The molecule has 0 aliphatic rings. The van der Waals surface area contributed by atoms with Crippen LogP contribution in [0.15, 0.2) is 24.4 Å². The number of alkyl halides is 3. The van der Waals surface area contributed by atoms with Crippen LogP contribution < -0.4 is 11.5 Å². The molecule has 0 unspecified atom stereocenters. The van der Waals surface area contributed by atoms with Crippen LogP contribution in [0.3, 0.4) is 0 Å². The Morgan fingerprint density at radius 1 is 1.16 bits per heavy atom. The monoisotopic (exact) mass is 357 g/mol. The van der Waals surface area contributed by atoms with Gasteiger partial charge in [0.25, 0.3) is 5.91 Å². The fraction of sp³-hybridized carbons (Fsp3) is 0.0714. The topological polar surface area (TPSA) is 99.3 Å². The van der Waals surface area contributed by atoms with E-state index in [1.807, 2.05) is 0 Å². The van der Waals surface area contributed by atoms with E-state index in [2.05, 4.69) is 9.97 Å². The smallest absolute Gasteiger partial charge is 0.383 e. The Balaban J connectivity index is 2.41. The number of nitrogens with zero attached hydrogens (tertiary/aromatic N) is 3. The van der Waals surface area contributed by atoms with Gasteiger partial charge in [0.1, 0.15) is 23.1 Å². The summed E-state index contributed by atoms with van der Waals surface area (Å²) in [6.07, 6.45) is -4.26. The van der Waals surface area contributed by atoms with Crippen LogP contribution in [0.25, 0.3) is 17.0 Å². The Morgan fingerprint density at radius 2 is 1.84 bits per heavy atom. The Labute approximate surface area is 135 Å². The first-order chi connectivity index (χ1) is 11.6. The quantitative estimate of drug-likeness (QED) is 0.688. The lowest BCUT2D eigenvalue weighted by molar-refractivity contribution is -0.141. The first-order valence-corrected chi connectivity index (χ1v) is 6.60. The maximum Gasteiger partial charge on any atom is 0.434 e. The normalized spacial score (nSPS) is 11.9. The number of halogens is 5. The van der Waals surface area contributed by atoms with Crippen molar-refractivity contribution in [2.45, 2.75) is 6.18 Å². The fourth-order valence-electron chi connectivity index (χ4n) is 2.32. The standard InChI is InChI=1S/C14H8F5N5O/c15-5-1-2-6(8(16)3-5)9-10(14(17,18)19)24-4-7(12(21)25)11(20)23-13(24)22-9/h1-4H,(H2,21,25)(H2,20,22,23). The molecule has 3 rings (SSSR count). The number of nitrogen functional groups attached to an aromatic ring is 1. The predicted molar refractivity (Wildman–Crippen MR) is 76.3 cm³/mol. The van der Waals surface area contributed by atoms with E-state index in [0.717, 1.165) is 18.3 Å². The summed E-state index contributed by atoms with van der Waals surface area (Å²) in [6.45, 7) is 0. The van der Waals surface area contributed by atoms with E-state index in [1.54, 1.807) is 0 Å². The van der Waals surface area contributed by atoms with Gasteiger partial charge in [0.05, 0.1) is 5.56 Å². The molecule has 6 nitrogen and oxygen atoms in total. The molecule has 25 heavy (non-hydrogen) atoms. The SMILES string of the molecule is NC(=O)c1cn2c(C(F)(F)F)c(-c3ccc(F)cc3F)nc2nc1N. The second-order valence-electron chi connectivity index (χ2n) is 5.01. The minimum Gasteiger partial charge on any atom is -0.383 e. The zero-order valence-corrected chi connectivity index (χ0v) is 12.1. The molecule has 0 spiro atoms. The summed E-state index contributed by atoms with van der Waals surface area (Å²) < 4.78 is 67.9. The maximum absolute atomic E-state index is 13.9. The molecule has 0 bridgehead atoms. The summed E-state index contributed by atoms with van der Waals surface area (Å²) in [7, 11) is 0. The average Bonchev–Trinajstić information content (AvgIpc) is 2.83. The third-order valence-electron chi connectivity index (χ3n) is 3.37. The van der Waals surface area contributed by atoms with E-state index < -0.39 is 57.8 Å². The second-order valence-corrected chi connectivity index (χ2v) is 5.01. The lowest BCUT2D eigenvalue weighted by Gasteiger charge is -2.10. The molecule has 0 aliphatic carbocycles. The summed E-state index contributed by atoms with van der Waals surface area (Å²) in [5, 5.41) is 0. The number of hydrogen-bond acceptors (Lipinski definition) is 4. The summed E-state index contributed by atoms with van der Waals surface area (Å²) >= 11 is 0. The van der Waals surface area contributed by atoms with Gasteiger partial charge in [0.15, 0.2) is 5.69 Å². The van der Waals surface area contributed by atoms with Gasteiger partial charge in [-0.1, -0.05) is 0 Å². The Morgan fingerprint density at radius 3 is 2.40 bits per heavy atom. The Bertz CT molecular complexity index is 1010. The molecule has 0 radical (unpaired) electrons. The lowest BCUT2D eigenvalue weighted by Crippen LogP contribution is -2.17. The van der Waals surface area contributed by atoms with E-state index in [0.29, 0.717) is 10.5 Å². The van der Waals surface area contributed by atoms with Crippen molar-refractivity contribution >= 4 is 17.5 Å². The van der Waals surface area contributed by atoms with Crippen LogP contribution in [0.5, 0.6) is 0 Å². The number of benzene rings is 1. The summed E-state index contributed by atoms with van der Waals surface area (Å²) in [5.74, 6) is -4.24. The first-order valence-electron chi connectivity index (χ1n) is 6.60. The lowest BCUT2D eigenvalue weighted by atomic mass is 10.1. The van der Waals surface area contributed by atoms with Gasteiger partial charge < -0.3 is 11.5 Å². The van der Waals surface area contributed by atoms with Crippen molar-refractivity contribution in [3.05, 3.63) is 47.3 Å². The van der Waals surface area contributed by atoms with Crippen molar-refractivity contribution in [2.24, 2.45) is 5.73 Å². The molecule has 130 valence electrons. The number of nitrogens with two attached hydrogens (primary N) is 2. The number of hydrogen-bond donors (Lipinski definition) is 2. The first kappa shape index (κ1) is 16.6. The van der Waals surface area contributed by atoms with Crippen molar-refractivity contribution in [3.8, 4) is 11.3 Å². The van der Waals surface area contributed by atoms with Gasteiger partial charge in [-0.2, -0.15) is 18.2 Å². The molecule has 0 atom stereocenters. The number of primary amides is 1. The number of carbonyl (C=O) groups is 1. The molecule has 0 aliphatic heterocycles. The number of amides is 1. The third-order valence-corrected chi connectivity index (χ3v) is 3.37. The number of imidazole rings is 1. The molecule has 0 saturated carbocycles. The maximum atomic E-state index is 13.9. The Hall–Kier alpha value is -3.24. The number of anilines is 1. The van der Waals surface area contributed by atoms with Crippen LogP contribution in [-0.4, -0.2) is 20.3 Å². The zero-order chi connectivity index (χ0) is 18.5. The third kappa shape index (κ3) is 2.73. The molecule has 3 aromatic rings. The predicted octanol–water partition coefficient (Wildman–Crippen LogP) is 2.37. The van der Waals surface area contributed by atoms with Crippen molar-refractivity contribution in [1.82, 2.24) is 14.4 Å². The van der Waals surface area contributed by atoms with E-state index in [9.17, 15) is 26.7 Å². The Kier molecular flexibility index (Phi) is 3.59. The molecule has 4 N–H and O–H groups in total. The van der Waals surface area contributed by atoms with E-state index in [4.69, 9.17) is 11.5 Å². The molecule has 1 amide bonds. The van der Waals surface area contributed by atoms with Crippen molar-refractivity contribution in [2.75, 3.05) is 5.73 Å². The molecular formula is C14H8F5N5O. The van der Waals surface area contributed by atoms with Crippen molar-refractivity contribution in [1.29, 1.82) is 0 Å². The minimum atomic E-state index is -4.98. The number of aromatic nitrogens is 3. The highest BCUT2D eigenvalue weighted by atomic mass is 19.4. The number of fused-ring (bicyclic) bond motifs is 1. The summed E-state index contributed by atoms with van der Waals surface area (Å²) in [5.41, 5.74) is 7.26. The number of carbonyl (C=O) groups excluding carboxylic acids is 1. The molecule has 0 saturated heterocycles. The molecule has 1 aromatic carbocycles. The minimum absolute atomic E-state index is 0.426. The van der Waals surface area contributed by atoms with Crippen molar-refractivity contribution < 1.29 is 26.7 Å². The fourth-order valence-corrected chi connectivity index (χ4v) is 2.32. The zero-order valence-electron chi connectivity index (χ0n) is 12.1. The molecule has 2 aromatic heterocycles. The number of rotatable bonds is 2. The van der Waals surface area contributed by atoms with Crippen LogP contribution in [-0.2, 0) is 6.18 Å². The second kappa shape index (κ2) is 5.40. The van der Waals surface area contributed by atoms with Gasteiger partial charge in [-0.05, 0) is 12.1 Å². The van der Waals surface area contributed by atoms with E-state index in [-0.39, 0.29) is 0 Å². The molecule has 11 heteroatoms. The van der Waals surface area contributed by atoms with Gasteiger partial charge in [0, 0.05) is 17.8 Å². The molecular weight excluding hydrogens is 349 g/mol. The van der Waals surface area contributed by atoms with E-state index in [1.165, 1.54) is 0 Å². The summed E-state index contributed by atoms with van der Waals surface area (Å²) in [6, 6.07) is 2.04. The van der Waals surface area contributed by atoms with Crippen LogP contribution >= 0.6 is 0 Å². The van der Waals surface area contributed by atoms with Gasteiger partial charge >= 0.3 is 6.18 Å². The van der Waals surface area contributed by atoms with Gasteiger partial charge in [-0.25, -0.2) is 13.8 Å². The van der Waals surface area contributed by atoms with Crippen LogP contribution in [0.2, 0.25) is 0 Å². The highest BCUT2D eigenvalue weighted by molar-refractivity contribution is 5.97. The summed E-state index contributed by atoms with van der Waals surface area (Å²) in [4.78, 5) is 18.5. The van der Waals surface area contributed by atoms with Crippen molar-refractivity contribution in [3.63, 3.8) is 0 Å². The van der Waals surface area contributed by atoms with Gasteiger partial charge in [0.2, 0.25) is 5.78 Å². The van der Waals surface area contributed by atoms with Gasteiger partial charge in [-0.15, -0.1) is 0 Å². The van der Waals surface area contributed by atoms with Crippen LogP contribution in [0.4, 0.5) is 27.8 Å². The van der Waals surface area contributed by atoms with Crippen LogP contribution in [0, 0.1) is 11.6 Å². The molecule has 2 heterocycles. The highest BCUT2D eigenvalue weighted by Gasteiger charge is 2.40. The average molecular weight is 357 g/mol. The van der Waals surface area contributed by atoms with Crippen LogP contribution in [0.1, 0.15) is 16.1 Å². The largest absolute Gasteiger partial charge is 0.434 e. The molecule has 0 fully saturated rings. The van der Waals surface area contributed by atoms with E-state index >= 15 is 0 Å².